The second kappa shape index (κ2) is 8.29. The fraction of sp³-hybridized carbons (Fsp3) is 0.929. The van der Waals surface area contributed by atoms with Gasteiger partial charge in [-0.05, 0) is 38.5 Å². The van der Waals surface area contributed by atoms with Gasteiger partial charge >= 0.3 is 0 Å². The highest BCUT2D eigenvalue weighted by atomic mass is 127. The summed E-state index contributed by atoms with van der Waals surface area (Å²) >= 11 is 0. The van der Waals surface area contributed by atoms with Crippen molar-refractivity contribution in [2.24, 2.45) is 10.4 Å². The van der Waals surface area contributed by atoms with Crippen molar-refractivity contribution in [3.8, 4) is 0 Å². The zero-order valence-corrected chi connectivity index (χ0v) is 14.6. The molecule has 1 heterocycles. The van der Waals surface area contributed by atoms with Gasteiger partial charge in [0, 0.05) is 26.2 Å². The SMILES string of the molecule is CCNC(=NCCOCC)N1CCC2(CCC2)C1.I. The van der Waals surface area contributed by atoms with Gasteiger partial charge in [0.25, 0.3) is 0 Å². The Balaban J connectivity index is 0.00000180. The van der Waals surface area contributed by atoms with Crippen LogP contribution in [0.25, 0.3) is 0 Å². The van der Waals surface area contributed by atoms with E-state index in [2.05, 4.69) is 22.1 Å². The van der Waals surface area contributed by atoms with Crippen molar-refractivity contribution in [2.45, 2.75) is 39.5 Å². The van der Waals surface area contributed by atoms with E-state index >= 15 is 0 Å². The number of nitrogens with one attached hydrogen (secondary N) is 1. The molecule has 0 bridgehead atoms. The standard InChI is InChI=1S/C14H27N3O.HI/c1-3-15-13(16-9-11-18-4-2)17-10-8-14(12-17)6-5-7-14;/h3-12H2,1-2H3,(H,15,16);1H. The van der Waals surface area contributed by atoms with E-state index in [0.717, 1.165) is 32.3 Å². The van der Waals surface area contributed by atoms with E-state index in [1.807, 2.05) is 6.92 Å². The van der Waals surface area contributed by atoms with Gasteiger partial charge in [0.2, 0.25) is 0 Å². The minimum Gasteiger partial charge on any atom is -0.380 e. The highest BCUT2D eigenvalue weighted by Gasteiger charge is 2.43. The zero-order chi connectivity index (χ0) is 12.8. The lowest BCUT2D eigenvalue weighted by Gasteiger charge is -2.38. The molecular weight excluding hydrogens is 353 g/mol. The molecule has 0 radical (unpaired) electrons. The largest absolute Gasteiger partial charge is 0.380 e. The number of hydrogen-bond donors (Lipinski definition) is 1. The van der Waals surface area contributed by atoms with Crippen molar-refractivity contribution >= 4 is 29.9 Å². The van der Waals surface area contributed by atoms with Gasteiger partial charge in [-0.3, -0.25) is 4.99 Å². The Kier molecular flexibility index (Phi) is 7.42. The predicted molar refractivity (Wildman–Crippen MR) is 90.4 cm³/mol. The molecule has 0 aromatic carbocycles. The van der Waals surface area contributed by atoms with Crippen LogP contribution in [0.15, 0.2) is 4.99 Å². The molecule has 0 atom stereocenters. The zero-order valence-electron chi connectivity index (χ0n) is 12.3. The van der Waals surface area contributed by atoms with Crippen molar-refractivity contribution in [1.29, 1.82) is 0 Å². The molecule has 19 heavy (non-hydrogen) atoms. The number of nitrogens with zero attached hydrogens (tertiary/aromatic N) is 2. The number of aliphatic imine (C=N–C) groups is 1. The third kappa shape index (κ3) is 4.48. The van der Waals surface area contributed by atoms with E-state index in [4.69, 9.17) is 4.74 Å². The van der Waals surface area contributed by atoms with Gasteiger partial charge < -0.3 is 15.0 Å². The Hall–Kier alpha value is -0.0400. The first-order valence-electron chi connectivity index (χ1n) is 7.41. The van der Waals surface area contributed by atoms with E-state index < -0.39 is 0 Å². The average Bonchev–Trinajstić information content (AvgIpc) is 2.78. The third-order valence-electron chi connectivity index (χ3n) is 4.19. The predicted octanol–water partition coefficient (Wildman–Crippen LogP) is 2.48. The van der Waals surface area contributed by atoms with E-state index in [9.17, 15) is 0 Å². The number of hydrogen-bond acceptors (Lipinski definition) is 2. The maximum absolute atomic E-state index is 5.34. The highest BCUT2D eigenvalue weighted by molar-refractivity contribution is 14.0. The molecule has 0 aromatic rings. The monoisotopic (exact) mass is 381 g/mol. The van der Waals surface area contributed by atoms with Crippen LogP contribution in [0.3, 0.4) is 0 Å². The summed E-state index contributed by atoms with van der Waals surface area (Å²) in [6.45, 7) is 9.73. The van der Waals surface area contributed by atoms with Crippen LogP contribution in [0.2, 0.25) is 0 Å². The van der Waals surface area contributed by atoms with E-state index in [-0.39, 0.29) is 24.0 Å². The first-order valence-corrected chi connectivity index (χ1v) is 7.41. The maximum Gasteiger partial charge on any atom is 0.194 e. The van der Waals surface area contributed by atoms with E-state index in [0.29, 0.717) is 5.41 Å². The van der Waals surface area contributed by atoms with E-state index in [1.165, 1.54) is 38.8 Å². The Labute approximate surface area is 134 Å². The summed E-state index contributed by atoms with van der Waals surface area (Å²) in [6, 6.07) is 0. The Morgan fingerprint density at radius 1 is 1.32 bits per heavy atom. The van der Waals surface area contributed by atoms with Crippen molar-refractivity contribution < 1.29 is 4.74 Å². The molecule has 1 saturated carbocycles. The Morgan fingerprint density at radius 3 is 2.63 bits per heavy atom. The molecule has 2 rings (SSSR count). The molecule has 1 N–H and O–H groups in total. The van der Waals surface area contributed by atoms with E-state index in [1.54, 1.807) is 0 Å². The van der Waals surface area contributed by atoms with Crippen LogP contribution >= 0.6 is 24.0 Å². The molecule has 5 heteroatoms. The summed E-state index contributed by atoms with van der Waals surface area (Å²) < 4.78 is 5.34. The van der Waals surface area contributed by atoms with Crippen LogP contribution in [0.5, 0.6) is 0 Å². The normalized spacial score (nSPS) is 21.2. The number of halogens is 1. The van der Waals surface area contributed by atoms with Gasteiger partial charge in [-0.15, -0.1) is 24.0 Å². The molecule has 0 aromatic heterocycles. The molecule has 1 spiro atoms. The quantitative estimate of drug-likeness (QED) is 0.344. The minimum absolute atomic E-state index is 0. The average molecular weight is 381 g/mol. The Morgan fingerprint density at radius 2 is 2.11 bits per heavy atom. The molecule has 2 aliphatic rings. The van der Waals surface area contributed by atoms with Gasteiger partial charge in [0.05, 0.1) is 13.2 Å². The summed E-state index contributed by atoms with van der Waals surface area (Å²) in [5.74, 6) is 1.08. The fourth-order valence-corrected chi connectivity index (χ4v) is 2.99. The minimum atomic E-state index is 0. The van der Waals surface area contributed by atoms with Crippen molar-refractivity contribution in [3.05, 3.63) is 0 Å². The van der Waals surface area contributed by atoms with Crippen LogP contribution < -0.4 is 5.32 Å². The smallest absolute Gasteiger partial charge is 0.194 e. The van der Waals surface area contributed by atoms with Gasteiger partial charge in [0.15, 0.2) is 5.96 Å². The molecule has 0 unspecified atom stereocenters. The molecule has 2 fully saturated rings. The molecule has 4 nitrogen and oxygen atoms in total. The number of guanidine groups is 1. The summed E-state index contributed by atoms with van der Waals surface area (Å²) in [5, 5.41) is 3.41. The second-order valence-corrected chi connectivity index (χ2v) is 5.46. The van der Waals surface area contributed by atoms with Crippen LogP contribution in [0.1, 0.15) is 39.5 Å². The van der Waals surface area contributed by atoms with Gasteiger partial charge in [-0.2, -0.15) is 0 Å². The summed E-state index contributed by atoms with van der Waals surface area (Å²) in [7, 11) is 0. The lowest BCUT2D eigenvalue weighted by molar-refractivity contribution is 0.150. The Bertz CT molecular complexity index is 292. The number of likely N-dealkylation sites (tertiary alicyclic amines) is 1. The number of rotatable bonds is 5. The van der Waals surface area contributed by atoms with Gasteiger partial charge in [-0.25, -0.2) is 0 Å². The molecule has 1 aliphatic carbocycles. The summed E-state index contributed by atoms with van der Waals surface area (Å²) in [4.78, 5) is 7.10. The van der Waals surface area contributed by atoms with Crippen molar-refractivity contribution in [1.82, 2.24) is 10.2 Å². The molecule has 0 amide bonds. The number of ether oxygens (including phenoxy) is 1. The fourth-order valence-electron chi connectivity index (χ4n) is 2.99. The topological polar surface area (TPSA) is 36.9 Å². The highest BCUT2D eigenvalue weighted by Crippen LogP contribution is 2.47. The van der Waals surface area contributed by atoms with Crippen molar-refractivity contribution in [3.63, 3.8) is 0 Å². The van der Waals surface area contributed by atoms with Crippen molar-refractivity contribution in [2.75, 3.05) is 39.4 Å². The first-order chi connectivity index (χ1) is 8.79. The summed E-state index contributed by atoms with van der Waals surface area (Å²) in [5.41, 5.74) is 0.635. The maximum atomic E-state index is 5.34. The molecule has 1 saturated heterocycles. The lowest BCUT2D eigenvalue weighted by atomic mass is 9.68. The molecule has 1 aliphatic heterocycles. The van der Waals surface area contributed by atoms with Crippen LogP contribution in [0, 0.1) is 5.41 Å². The lowest BCUT2D eigenvalue weighted by Crippen LogP contribution is -2.42. The second-order valence-electron chi connectivity index (χ2n) is 5.46. The third-order valence-corrected chi connectivity index (χ3v) is 4.19. The van der Waals surface area contributed by atoms with Gasteiger partial charge in [0.1, 0.15) is 0 Å². The first kappa shape index (κ1) is 17.0. The molecular formula is C14H28IN3O. The molecule has 112 valence electrons. The van der Waals surface area contributed by atoms with Crippen LogP contribution in [-0.2, 0) is 4.74 Å². The summed E-state index contributed by atoms with van der Waals surface area (Å²) in [6.07, 6.45) is 5.61. The van der Waals surface area contributed by atoms with Crippen LogP contribution in [-0.4, -0.2) is 50.3 Å². The van der Waals surface area contributed by atoms with Crippen LogP contribution in [0.4, 0.5) is 0 Å². The van der Waals surface area contributed by atoms with Gasteiger partial charge in [-0.1, -0.05) is 6.42 Å².